The summed E-state index contributed by atoms with van der Waals surface area (Å²) in [6.07, 6.45) is -8.57. The van der Waals surface area contributed by atoms with E-state index in [1.807, 2.05) is 0 Å². The molecule has 1 amide bonds. The molecule has 0 unspecified atom stereocenters. The molecule has 0 bridgehead atoms. The predicted octanol–water partition coefficient (Wildman–Crippen LogP) is 3.87. The Morgan fingerprint density at radius 2 is 2.10 bits per heavy atom. The molecule has 1 aromatic heterocycles. The monoisotopic (exact) mass is 720 g/mol. The van der Waals surface area contributed by atoms with Crippen LogP contribution in [0.3, 0.4) is 0 Å². The van der Waals surface area contributed by atoms with Crippen molar-refractivity contribution in [2.24, 2.45) is 11.8 Å². The van der Waals surface area contributed by atoms with Gasteiger partial charge in [0, 0.05) is 40.9 Å². The molecule has 3 aromatic rings. The molecule has 2 N–H and O–H groups in total. The second kappa shape index (κ2) is 15.0. The molecule has 2 saturated heterocycles. The molecule has 3 aliphatic heterocycles. The van der Waals surface area contributed by atoms with E-state index in [4.69, 9.17) is 51.7 Å². The lowest BCUT2D eigenvalue weighted by Crippen LogP contribution is -2.51. The van der Waals surface area contributed by atoms with Crippen molar-refractivity contribution in [3.63, 3.8) is 0 Å². The van der Waals surface area contributed by atoms with E-state index in [2.05, 4.69) is 10.3 Å². The maximum absolute atomic E-state index is 14.5. The van der Waals surface area contributed by atoms with Gasteiger partial charge in [-0.3, -0.25) is 0 Å². The fraction of sp³-hybridized carbons (Fsp3) is 0.515. The predicted molar refractivity (Wildman–Crippen MR) is 174 cm³/mol. The maximum Gasteiger partial charge on any atom is 0.407 e. The molecule has 2 aromatic carbocycles. The summed E-state index contributed by atoms with van der Waals surface area (Å²) in [4.78, 5) is 16.7. The van der Waals surface area contributed by atoms with Gasteiger partial charge in [-0.25, -0.2) is 18.2 Å². The summed E-state index contributed by atoms with van der Waals surface area (Å²) in [7, 11) is -5.52. The fourth-order valence-electron chi connectivity index (χ4n) is 4.96. The highest BCUT2D eigenvalue weighted by molar-refractivity contribution is 7.89. The van der Waals surface area contributed by atoms with Crippen molar-refractivity contribution in [1.82, 2.24) is 14.6 Å². The molecule has 6 rings (SSSR count). The van der Waals surface area contributed by atoms with Gasteiger partial charge in [0.2, 0.25) is 16.8 Å². The van der Waals surface area contributed by atoms with Crippen molar-refractivity contribution in [3.05, 3.63) is 64.1 Å². The number of fused-ring (bicyclic) bond motifs is 2. The Morgan fingerprint density at radius 1 is 1.27 bits per heavy atom. The molecule has 0 saturated carbocycles. The van der Waals surface area contributed by atoms with Gasteiger partial charge in [-0.05, 0) is 55.4 Å². The largest absolute Gasteiger partial charge is 0.487 e. The van der Waals surface area contributed by atoms with Crippen LogP contribution in [0.4, 0.5) is 4.79 Å². The Balaban J connectivity index is 1.37. The first-order chi connectivity index (χ1) is 29.7. The number of nitrogens with zero attached hydrogens (tertiary/aromatic N) is 2. The molecular weight excluding hydrogens is 663 g/mol. The molecule has 5 atom stereocenters. The number of sulfonamides is 1. The summed E-state index contributed by atoms with van der Waals surface area (Å²) in [6.45, 7) is -22.5. The Bertz CT molecular complexity index is 2340. The van der Waals surface area contributed by atoms with Crippen LogP contribution in [0.2, 0.25) is 0 Å². The summed E-state index contributed by atoms with van der Waals surface area (Å²) in [5, 5.41) is 15.0. The van der Waals surface area contributed by atoms with E-state index >= 15 is 0 Å². The van der Waals surface area contributed by atoms with E-state index in [-0.39, 0.29) is 57.6 Å². The molecule has 0 aliphatic carbocycles. The number of carbonyl (C=O) groups is 1. The Kier molecular flexibility index (Phi) is 5.94. The highest BCUT2D eigenvalue weighted by Crippen LogP contribution is 2.35. The highest BCUT2D eigenvalue weighted by Gasteiger charge is 2.44. The number of benzene rings is 2. The normalized spacial score (nSPS) is 30.8. The zero-order chi connectivity index (χ0) is 48.6. The van der Waals surface area contributed by atoms with Crippen LogP contribution >= 0.6 is 11.3 Å². The van der Waals surface area contributed by atoms with E-state index < -0.39 is 110 Å². The van der Waals surface area contributed by atoms with E-state index in [0.29, 0.717) is 11.3 Å². The number of amides is 1. The third-order valence-corrected chi connectivity index (χ3v) is 9.63. The molecule has 15 heteroatoms. The summed E-state index contributed by atoms with van der Waals surface area (Å²) in [5.74, 6) is -5.66. The zero-order valence-electron chi connectivity index (χ0n) is 41.8. The van der Waals surface area contributed by atoms with E-state index in [0.717, 1.165) is 23.6 Å². The van der Waals surface area contributed by atoms with Crippen LogP contribution in [0, 0.1) is 18.7 Å². The van der Waals surface area contributed by atoms with Crippen LogP contribution in [0.1, 0.15) is 59.7 Å². The van der Waals surface area contributed by atoms with Crippen LogP contribution in [0.5, 0.6) is 17.2 Å². The molecular formula is C33H41N3O10S2. The van der Waals surface area contributed by atoms with Crippen molar-refractivity contribution < 1.29 is 70.0 Å². The number of ether oxygens (including phenoxy) is 6. The van der Waals surface area contributed by atoms with Gasteiger partial charge >= 0.3 is 6.09 Å². The van der Waals surface area contributed by atoms with E-state index in [9.17, 15) is 18.3 Å². The summed E-state index contributed by atoms with van der Waals surface area (Å²) >= 11 is 0.689. The first-order valence-electron chi connectivity index (χ1n) is 22.8. The lowest BCUT2D eigenvalue weighted by molar-refractivity contribution is -0.0907. The number of hydrogen-bond donors (Lipinski definition) is 2. The maximum atomic E-state index is 14.5. The smallest absolute Gasteiger partial charge is 0.407 e. The summed E-state index contributed by atoms with van der Waals surface area (Å²) < 4.78 is 200. The molecule has 3 aliphatic rings. The van der Waals surface area contributed by atoms with Crippen LogP contribution < -0.4 is 19.5 Å². The minimum Gasteiger partial charge on any atom is -0.487 e. The van der Waals surface area contributed by atoms with Crippen LogP contribution in [0.25, 0.3) is 0 Å². The Hall–Kier alpha value is -3.47. The second-order valence-electron chi connectivity index (χ2n) is 10.6. The van der Waals surface area contributed by atoms with E-state index in [1.165, 1.54) is 24.3 Å². The minimum atomic E-state index is -5.52. The van der Waals surface area contributed by atoms with Crippen molar-refractivity contribution in [1.29, 1.82) is 0 Å². The lowest BCUT2D eigenvalue weighted by atomic mass is 10.0. The van der Waals surface area contributed by atoms with Crippen LogP contribution in [-0.4, -0.2) is 86.4 Å². The molecule has 4 heterocycles. The third kappa shape index (κ3) is 8.21. The van der Waals surface area contributed by atoms with Gasteiger partial charge in [0.25, 0.3) is 0 Å². The molecule has 48 heavy (non-hydrogen) atoms. The Morgan fingerprint density at radius 3 is 2.90 bits per heavy atom. The quantitative estimate of drug-likeness (QED) is 0.250. The average Bonchev–Trinajstić information content (AvgIpc) is 3.99. The number of thiazole rings is 1. The fourth-order valence-corrected chi connectivity index (χ4v) is 6.74. The number of alkyl carbamates (subject to hydrolysis) is 1. The zero-order valence-corrected chi connectivity index (χ0v) is 26.4. The molecule has 2 fully saturated rings. The number of nitrogens with one attached hydrogen (secondary N) is 1. The lowest BCUT2D eigenvalue weighted by Gasteiger charge is -2.31. The number of carbonyl (C=O) groups excluding carboxylic acids is 1. The van der Waals surface area contributed by atoms with Crippen LogP contribution in [0.15, 0.2) is 52.7 Å². The van der Waals surface area contributed by atoms with Gasteiger partial charge in [-0.15, -0.1) is 11.3 Å². The van der Waals surface area contributed by atoms with Gasteiger partial charge in [0.1, 0.15) is 18.4 Å². The Labute approximate surface area is 308 Å². The second-order valence-corrected chi connectivity index (χ2v) is 13.3. The molecule has 260 valence electrons. The SMILES string of the molecule is [2H]C([2H])([2H])c1nc(C([2H])([2H])Oc2ccc(C[C@H](NC(=O)O[C@]3([2H])[C@@H]4CCO[C@@H]4OC3([2H])[2H])[C@H](O)CN(C([2H])([2H])C([2H])(C([2H])([2H])[2H])C([2H])([2H])[2H])S(=O)(=O)c3ccc4c(c3)OCO4)cc2)cs1. The average molecular weight is 721 g/mol. The van der Waals surface area contributed by atoms with Crippen molar-refractivity contribution in [2.75, 3.05) is 33.0 Å². The third-order valence-electron chi connectivity index (χ3n) is 7.30. The van der Waals surface area contributed by atoms with Crippen LogP contribution in [-0.2, 0) is 37.2 Å². The summed E-state index contributed by atoms with van der Waals surface area (Å²) in [6, 6.07) is 5.97. The first-order valence-corrected chi connectivity index (χ1v) is 16.6. The molecule has 13 nitrogen and oxygen atoms in total. The highest BCUT2D eigenvalue weighted by atomic mass is 32.2. The van der Waals surface area contributed by atoms with E-state index in [1.54, 1.807) is 0 Å². The number of rotatable bonds is 14. The van der Waals surface area contributed by atoms with Gasteiger partial charge in [-0.2, -0.15) is 4.31 Å². The number of aryl methyl sites for hydroxylation is 1. The van der Waals surface area contributed by atoms with Gasteiger partial charge in [0.05, 0.1) is 53.7 Å². The molecule has 0 spiro atoms. The summed E-state index contributed by atoms with van der Waals surface area (Å²) in [5.41, 5.74) is -0.213. The molecule has 0 radical (unpaired) electrons. The van der Waals surface area contributed by atoms with Gasteiger partial charge in [0.15, 0.2) is 17.8 Å². The van der Waals surface area contributed by atoms with Crippen molar-refractivity contribution in [3.8, 4) is 17.2 Å². The van der Waals surface area contributed by atoms with Gasteiger partial charge < -0.3 is 38.8 Å². The standard InChI is InChI=1S/C33H41N3O10S2/c1-20(2)14-36(48(39,40)25-8-9-29-30(13-25)45-19-44-29)15-28(37)27(35-33(38)46-31-17-43-32-26(31)10-11-41-32)12-22-4-6-24(7-5-22)42-16-23-18-47-21(3)34-23/h4-9,13,18,20,26-28,31-32,37H,10-12,14-17,19H2,1-3H3,(H,35,38)/t26-,27-,28+,31-,32+/m0/s1/i1D3,2D3,3D3,14D2,16D2,17D2,20D,31D. The van der Waals surface area contributed by atoms with Gasteiger partial charge in [-0.1, -0.05) is 25.8 Å². The van der Waals surface area contributed by atoms with Crippen molar-refractivity contribution >= 4 is 27.5 Å². The topological polar surface area (TPSA) is 155 Å². The number of aliphatic hydroxyl groups excluding tert-OH is 1. The number of aromatic nitrogens is 1. The first kappa shape index (κ1) is 19.1. The van der Waals surface area contributed by atoms with Crippen molar-refractivity contribution in [2.45, 2.75) is 69.4 Å². The minimum absolute atomic E-state index is 0.0199. The number of aliphatic hydroxyl groups is 1. The number of hydrogen-bond acceptors (Lipinski definition) is 12.